The smallest absolute Gasteiger partial charge is 0.347 e. The number of cyclic esters (lactones) is 1. The third-order valence-corrected chi connectivity index (χ3v) is 9.90. The van der Waals surface area contributed by atoms with Crippen LogP contribution < -0.4 is 0 Å². The van der Waals surface area contributed by atoms with E-state index in [2.05, 4.69) is 6.92 Å². The van der Waals surface area contributed by atoms with Crippen molar-refractivity contribution >= 4 is 29.5 Å². The second-order valence-electron chi connectivity index (χ2n) is 12.2. The minimum absolute atomic E-state index is 0.122. The predicted octanol–water partition coefficient (Wildman–Crippen LogP) is 3.76. The van der Waals surface area contributed by atoms with E-state index in [1.54, 1.807) is 45.4 Å². The van der Waals surface area contributed by atoms with Crippen molar-refractivity contribution in [2.24, 2.45) is 39.9 Å². The topological polar surface area (TPSA) is 126 Å². The number of Topliss-reactive ketones (excluding diaryl/α,β-unsaturated/α-hetero) is 2. The van der Waals surface area contributed by atoms with Crippen LogP contribution in [0.15, 0.2) is 34.7 Å². The standard InChI is InChI=1S/C29H34O9/c1-14(30)37-21(26(34)35-6)22-27(2,3)23(32)17-11-16-18(29(22,5)24(17)33)7-9-28(4)19(16)12-20(31)38-25(28)15-8-10-36-13-15/h8,10-11,13,17-19,21-22,25H,7,9,12H2,1-6H3/t17-,18+,19+,21+,22+,25+,28-,29-/m1/s1. The fourth-order valence-electron chi connectivity index (χ4n) is 8.20. The molecule has 1 aliphatic heterocycles. The number of methoxy groups -OCH3 is 1. The van der Waals surface area contributed by atoms with Crippen LogP contribution in [0.1, 0.15) is 65.5 Å². The van der Waals surface area contributed by atoms with Gasteiger partial charge in [0, 0.05) is 34.7 Å². The van der Waals surface area contributed by atoms with E-state index >= 15 is 0 Å². The lowest BCUT2D eigenvalue weighted by Gasteiger charge is -2.62. The largest absolute Gasteiger partial charge is 0.472 e. The van der Waals surface area contributed by atoms with Gasteiger partial charge >= 0.3 is 17.9 Å². The molecule has 1 aromatic rings. The number of ketones is 2. The quantitative estimate of drug-likeness (QED) is 0.249. The molecule has 204 valence electrons. The first kappa shape index (κ1) is 26.4. The highest BCUT2D eigenvalue weighted by molar-refractivity contribution is 6.13. The van der Waals surface area contributed by atoms with Gasteiger partial charge in [-0.3, -0.25) is 19.2 Å². The van der Waals surface area contributed by atoms with Crippen molar-refractivity contribution in [1.82, 2.24) is 0 Å². The molecular weight excluding hydrogens is 492 g/mol. The molecule has 1 aromatic heterocycles. The zero-order valence-corrected chi connectivity index (χ0v) is 22.6. The zero-order chi connectivity index (χ0) is 27.8. The Bertz CT molecular complexity index is 1240. The van der Waals surface area contributed by atoms with E-state index in [4.69, 9.17) is 18.6 Å². The zero-order valence-electron chi connectivity index (χ0n) is 22.6. The Morgan fingerprint density at radius 2 is 1.79 bits per heavy atom. The van der Waals surface area contributed by atoms with Crippen LogP contribution in [0.5, 0.6) is 0 Å². The van der Waals surface area contributed by atoms with Crippen molar-refractivity contribution in [3.8, 4) is 0 Å². The maximum Gasteiger partial charge on any atom is 0.347 e. The monoisotopic (exact) mass is 526 g/mol. The summed E-state index contributed by atoms with van der Waals surface area (Å²) >= 11 is 0. The average Bonchev–Trinajstić information content (AvgIpc) is 3.38. The van der Waals surface area contributed by atoms with Gasteiger partial charge in [-0.05, 0) is 30.7 Å². The molecule has 5 rings (SSSR count). The minimum Gasteiger partial charge on any atom is -0.472 e. The molecule has 2 bridgehead atoms. The number of fused-ring (bicyclic) bond motifs is 6. The number of hydrogen-bond acceptors (Lipinski definition) is 9. The van der Waals surface area contributed by atoms with Crippen LogP contribution in [-0.4, -0.2) is 42.7 Å². The third-order valence-electron chi connectivity index (χ3n) is 9.90. The Hall–Kier alpha value is -3.23. The Morgan fingerprint density at radius 3 is 2.39 bits per heavy atom. The first-order chi connectivity index (χ1) is 17.8. The molecule has 1 saturated heterocycles. The Kier molecular flexibility index (Phi) is 6.00. The van der Waals surface area contributed by atoms with Crippen LogP contribution in [-0.2, 0) is 38.2 Å². The molecule has 0 aromatic carbocycles. The highest BCUT2D eigenvalue weighted by Gasteiger charge is 2.70. The van der Waals surface area contributed by atoms with Gasteiger partial charge in [0.1, 0.15) is 6.10 Å². The Morgan fingerprint density at radius 1 is 1.08 bits per heavy atom. The van der Waals surface area contributed by atoms with Gasteiger partial charge in [-0.15, -0.1) is 0 Å². The van der Waals surface area contributed by atoms with E-state index in [1.807, 2.05) is 0 Å². The molecule has 9 nitrogen and oxygen atoms in total. The van der Waals surface area contributed by atoms with Crippen LogP contribution in [0.3, 0.4) is 0 Å². The molecule has 0 unspecified atom stereocenters. The van der Waals surface area contributed by atoms with Gasteiger partial charge in [0.2, 0.25) is 6.10 Å². The fraction of sp³-hybridized carbons (Fsp3) is 0.621. The summed E-state index contributed by atoms with van der Waals surface area (Å²) in [6, 6.07) is 1.79. The van der Waals surface area contributed by atoms with Crippen LogP contribution in [0.2, 0.25) is 0 Å². The number of ether oxygens (including phenoxy) is 3. The summed E-state index contributed by atoms with van der Waals surface area (Å²) in [5.41, 5.74) is -1.24. The molecule has 2 heterocycles. The van der Waals surface area contributed by atoms with Gasteiger partial charge in [0.05, 0.1) is 32.0 Å². The Labute approximate surface area is 221 Å². The predicted molar refractivity (Wildman–Crippen MR) is 131 cm³/mol. The molecule has 0 radical (unpaired) electrons. The number of hydrogen-bond donors (Lipinski definition) is 0. The van der Waals surface area contributed by atoms with Gasteiger partial charge in [0.25, 0.3) is 0 Å². The second kappa shape index (κ2) is 8.64. The summed E-state index contributed by atoms with van der Waals surface area (Å²) in [7, 11) is 1.19. The molecule has 3 aliphatic carbocycles. The molecule has 2 saturated carbocycles. The molecule has 3 fully saturated rings. The van der Waals surface area contributed by atoms with Crippen LogP contribution >= 0.6 is 0 Å². The van der Waals surface area contributed by atoms with Crippen molar-refractivity contribution in [2.75, 3.05) is 7.11 Å². The lowest BCUT2D eigenvalue weighted by Crippen LogP contribution is -2.68. The third kappa shape index (κ3) is 3.46. The number of carbonyl (C=O) groups excluding carboxylic acids is 5. The lowest BCUT2D eigenvalue weighted by molar-refractivity contribution is -0.196. The normalized spacial score (nSPS) is 38.2. The van der Waals surface area contributed by atoms with Gasteiger partial charge < -0.3 is 18.6 Å². The molecule has 0 N–H and O–H groups in total. The molecule has 4 aliphatic rings. The van der Waals surface area contributed by atoms with E-state index in [-0.39, 0.29) is 35.8 Å². The van der Waals surface area contributed by atoms with Gasteiger partial charge in [-0.2, -0.15) is 0 Å². The van der Waals surface area contributed by atoms with E-state index in [0.29, 0.717) is 12.8 Å². The first-order valence-corrected chi connectivity index (χ1v) is 13.0. The minimum atomic E-state index is -1.44. The summed E-state index contributed by atoms with van der Waals surface area (Å²) in [5.74, 6) is -5.11. The molecule has 9 heteroatoms. The lowest BCUT2D eigenvalue weighted by atomic mass is 9.40. The summed E-state index contributed by atoms with van der Waals surface area (Å²) in [5, 5.41) is 0. The highest BCUT2D eigenvalue weighted by atomic mass is 16.6. The van der Waals surface area contributed by atoms with Crippen molar-refractivity contribution in [2.45, 2.75) is 66.1 Å². The number of carbonyl (C=O) groups is 5. The molecule has 0 spiro atoms. The van der Waals surface area contributed by atoms with Gasteiger partial charge in [-0.25, -0.2) is 4.79 Å². The fourth-order valence-corrected chi connectivity index (χ4v) is 8.20. The van der Waals surface area contributed by atoms with Crippen molar-refractivity contribution in [1.29, 1.82) is 0 Å². The second-order valence-corrected chi connectivity index (χ2v) is 12.2. The van der Waals surface area contributed by atoms with E-state index in [1.165, 1.54) is 14.0 Å². The summed E-state index contributed by atoms with van der Waals surface area (Å²) in [4.78, 5) is 66.0. The number of rotatable bonds is 4. The number of furan rings is 1. The number of allylic oxidation sites excluding steroid dienone is 2. The molecule has 38 heavy (non-hydrogen) atoms. The SMILES string of the molecule is COC(=O)[C@@H](OC(C)=O)[C@H]1C(C)(C)C(=O)[C@H]2C=C3[C@@H]4CC(=O)O[C@@H](c5ccoc5)[C@]4(C)CC[C@@H]3[C@@]1(C)C2=O. The summed E-state index contributed by atoms with van der Waals surface area (Å²) in [6.45, 7) is 8.45. The van der Waals surface area contributed by atoms with Crippen molar-refractivity contribution in [3.63, 3.8) is 0 Å². The molecular formula is C29H34O9. The summed E-state index contributed by atoms with van der Waals surface area (Å²) in [6.07, 6.45) is 4.24. The van der Waals surface area contributed by atoms with Crippen LogP contribution in [0.4, 0.5) is 0 Å². The van der Waals surface area contributed by atoms with E-state index in [0.717, 1.165) is 11.1 Å². The average molecular weight is 527 g/mol. The summed E-state index contributed by atoms with van der Waals surface area (Å²) < 4.78 is 21.6. The van der Waals surface area contributed by atoms with Gasteiger partial charge in [0.15, 0.2) is 11.6 Å². The van der Waals surface area contributed by atoms with Gasteiger partial charge in [-0.1, -0.05) is 39.3 Å². The molecule has 8 atom stereocenters. The van der Waals surface area contributed by atoms with Crippen molar-refractivity contribution in [3.05, 3.63) is 35.8 Å². The highest BCUT2D eigenvalue weighted by Crippen LogP contribution is 2.67. The van der Waals surface area contributed by atoms with Crippen LogP contribution in [0, 0.1) is 39.9 Å². The molecule has 0 amide bonds. The van der Waals surface area contributed by atoms with Crippen LogP contribution in [0.25, 0.3) is 0 Å². The van der Waals surface area contributed by atoms with E-state index in [9.17, 15) is 24.0 Å². The Balaban J connectivity index is 1.67. The maximum atomic E-state index is 14.1. The van der Waals surface area contributed by atoms with E-state index < -0.39 is 52.2 Å². The number of esters is 3. The maximum absolute atomic E-state index is 14.1. The first-order valence-electron chi connectivity index (χ1n) is 13.0. The van der Waals surface area contributed by atoms with Crippen molar-refractivity contribution < 1.29 is 42.6 Å².